The van der Waals surface area contributed by atoms with Crippen molar-refractivity contribution in [2.45, 2.75) is 30.8 Å². The fourth-order valence-electron chi connectivity index (χ4n) is 4.88. The number of fused-ring (bicyclic) bond motifs is 1. The SMILES string of the molecule is COCC(=O)N1C[C@H]2CN(C(=O)C3(N)CCC3)C[C@H]2[C@@H]1c1cccc(F)c1. The molecule has 1 aromatic carbocycles. The zero-order valence-corrected chi connectivity index (χ0v) is 15.6. The third-order valence-electron chi connectivity index (χ3n) is 6.40. The summed E-state index contributed by atoms with van der Waals surface area (Å²) >= 11 is 0. The molecule has 27 heavy (non-hydrogen) atoms. The number of carbonyl (C=O) groups excluding carboxylic acids is 2. The number of amides is 2. The number of ether oxygens (including phenoxy) is 1. The van der Waals surface area contributed by atoms with Gasteiger partial charge in [0.25, 0.3) is 0 Å². The van der Waals surface area contributed by atoms with Crippen molar-refractivity contribution in [3.05, 3.63) is 35.6 Å². The van der Waals surface area contributed by atoms with E-state index in [0.717, 1.165) is 24.8 Å². The van der Waals surface area contributed by atoms with Gasteiger partial charge in [-0.3, -0.25) is 9.59 Å². The Balaban J connectivity index is 1.59. The smallest absolute Gasteiger partial charge is 0.249 e. The molecule has 3 fully saturated rings. The molecule has 1 aliphatic carbocycles. The first-order valence-electron chi connectivity index (χ1n) is 9.55. The topological polar surface area (TPSA) is 75.9 Å². The standard InChI is InChI=1S/C20H26FN3O3/c1-27-12-17(25)24-10-14-9-23(19(26)20(22)6-3-7-20)11-16(14)18(24)13-4-2-5-15(21)8-13/h2,4-5,8,14,16,18H,3,6-7,9-12,22H2,1H3/t14-,16-,18+/m1/s1. The minimum absolute atomic E-state index is 0.000187. The maximum Gasteiger partial charge on any atom is 0.249 e. The minimum Gasteiger partial charge on any atom is -0.375 e. The molecule has 0 unspecified atom stereocenters. The first kappa shape index (κ1) is 18.4. The van der Waals surface area contributed by atoms with Gasteiger partial charge >= 0.3 is 0 Å². The van der Waals surface area contributed by atoms with Gasteiger partial charge in [0.1, 0.15) is 12.4 Å². The van der Waals surface area contributed by atoms with Crippen molar-refractivity contribution in [3.8, 4) is 0 Å². The highest BCUT2D eigenvalue weighted by atomic mass is 19.1. The maximum absolute atomic E-state index is 13.8. The molecule has 0 bridgehead atoms. The first-order valence-corrected chi connectivity index (χ1v) is 9.55. The van der Waals surface area contributed by atoms with E-state index in [0.29, 0.717) is 19.6 Å². The van der Waals surface area contributed by atoms with Crippen LogP contribution < -0.4 is 5.73 Å². The molecule has 1 saturated carbocycles. The summed E-state index contributed by atoms with van der Waals surface area (Å²) < 4.78 is 18.9. The molecule has 2 heterocycles. The Hall–Kier alpha value is -1.99. The van der Waals surface area contributed by atoms with Crippen LogP contribution in [-0.4, -0.2) is 60.5 Å². The van der Waals surface area contributed by atoms with Crippen molar-refractivity contribution in [1.29, 1.82) is 0 Å². The molecule has 2 saturated heterocycles. The third kappa shape index (κ3) is 3.12. The van der Waals surface area contributed by atoms with E-state index in [1.54, 1.807) is 11.0 Å². The van der Waals surface area contributed by atoms with Gasteiger partial charge in [-0.15, -0.1) is 0 Å². The third-order valence-corrected chi connectivity index (χ3v) is 6.40. The predicted octanol–water partition coefficient (Wildman–Crippen LogP) is 1.31. The van der Waals surface area contributed by atoms with Crippen LogP contribution in [0, 0.1) is 17.7 Å². The maximum atomic E-state index is 13.8. The number of rotatable bonds is 4. The van der Waals surface area contributed by atoms with E-state index >= 15 is 0 Å². The second-order valence-corrected chi connectivity index (χ2v) is 8.12. The van der Waals surface area contributed by atoms with Gasteiger partial charge in [-0.2, -0.15) is 0 Å². The Bertz CT molecular complexity index is 752. The van der Waals surface area contributed by atoms with Crippen LogP contribution in [0.25, 0.3) is 0 Å². The number of hydrogen-bond acceptors (Lipinski definition) is 4. The molecule has 4 rings (SSSR count). The van der Waals surface area contributed by atoms with Crippen molar-refractivity contribution in [2.24, 2.45) is 17.6 Å². The Morgan fingerprint density at radius 1 is 1.30 bits per heavy atom. The lowest BCUT2D eigenvalue weighted by Crippen LogP contribution is -2.59. The Labute approximate surface area is 158 Å². The molecule has 1 aromatic rings. The van der Waals surface area contributed by atoms with Gasteiger partial charge in [-0.05, 0) is 37.0 Å². The lowest BCUT2D eigenvalue weighted by molar-refractivity contribution is -0.140. The van der Waals surface area contributed by atoms with Crippen molar-refractivity contribution in [2.75, 3.05) is 33.4 Å². The van der Waals surface area contributed by atoms with E-state index in [9.17, 15) is 14.0 Å². The Kier molecular flexibility index (Phi) is 4.68. The van der Waals surface area contributed by atoms with E-state index < -0.39 is 5.54 Å². The van der Waals surface area contributed by atoms with Crippen molar-refractivity contribution < 1.29 is 18.7 Å². The first-order chi connectivity index (χ1) is 12.9. The lowest BCUT2D eigenvalue weighted by atomic mass is 9.76. The highest BCUT2D eigenvalue weighted by Gasteiger charge is 2.52. The second kappa shape index (κ2) is 6.87. The van der Waals surface area contributed by atoms with Gasteiger partial charge in [-0.25, -0.2) is 4.39 Å². The summed E-state index contributed by atoms with van der Waals surface area (Å²) in [4.78, 5) is 29.1. The van der Waals surface area contributed by atoms with Gasteiger partial charge in [0, 0.05) is 38.6 Å². The van der Waals surface area contributed by atoms with Crippen LogP contribution in [0.1, 0.15) is 30.9 Å². The fourth-order valence-corrected chi connectivity index (χ4v) is 4.88. The summed E-state index contributed by atoms with van der Waals surface area (Å²) in [5.74, 6) is -0.146. The zero-order chi connectivity index (χ0) is 19.2. The molecule has 6 nitrogen and oxygen atoms in total. The van der Waals surface area contributed by atoms with Crippen LogP contribution >= 0.6 is 0 Å². The summed E-state index contributed by atoms with van der Waals surface area (Å²) in [5.41, 5.74) is 6.30. The van der Waals surface area contributed by atoms with E-state index in [1.807, 2.05) is 11.0 Å². The van der Waals surface area contributed by atoms with Gasteiger partial charge in [0.05, 0.1) is 11.6 Å². The van der Waals surface area contributed by atoms with Gasteiger partial charge in [0.2, 0.25) is 11.8 Å². The summed E-state index contributed by atoms with van der Waals surface area (Å²) in [6, 6.07) is 6.15. The highest BCUT2D eigenvalue weighted by Crippen LogP contribution is 2.46. The molecule has 146 valence electrons. The summed E-state index contributed by atoms with van der Waals surface area (Å²) in [6.45, 7) is 1.71. The number of benzene rings is 1. The van der Waals surface area contributed by atoms with Crippen LogP contribution in [0.5, 0.6) is 0 Å². The molecular weight excluding hydrogens is 349 g/mol. The number of nitrogens with zero attached hydrogens (tertiary/aromatic N) is 2. The van der Waals surface area contributed by atoms with E-state index in [-0.39, 0.29) is 42.1 Å². The number of methoxy groups -OCH3 is 1. The van der Waals surface area contributed by atoms with Crippen LogP contribution in [0.3, 0.4) is 0 Å². The number of likely N-dealkylation sites (tertiary alicyclic amines) is 2. The summed E-state index contributed by atoms with van der Waals surface area (Å²) in [5, 5.41) is 0. The Morgan fingerprint density at radius 2 is 2.07 bits per heavy atom. The summed E-state index contributed by atoms with van der Waals surface area (Å²) in [6.07, 6.45) is 2.47. The largest absolute Gasteiger partial charge is 0.375 e. The number of hydrogen-bond donors (Lipinski definition) is 1. The van der Waals surface area contributed by atoms with E-state index in [1.165, 1.54) is 19.2 Å². The normalized spacial score (nSPS) is 28.8. The molecule has 2 N–H and O–H groups in total. The fraction of sp³-hybridized carbons (Fsp3) is 0.600. The lowest BCUT2D eigenvalue weighted by Gasteiger charge is -2.40. The summed E-state index contributed by atoms with van der Waals surface area (Å²) in [7, 11) is 1.49. The van der Waals surface area contributed by atoms with Gasteiger partial charge in [0.15, 0.2) is 0 Å². The zero-order valence-electron chi connectivity index (χ0n) is 15.6. The van der Waals surface area contributed by atoms with Crippen molar-refractivity contribution >= 4 is 11.8 Å². The molecule has 0 spiro atoms. The average Bonchev–Trinajstić information content (AvgIpc) is 3.16. The van der Waals surface area contributed by atoms with Gasteiger partial charge < -0.3 is 20.3 Å². The molecule has 2 amide bonds. The van der Waals surface area contributed by atoms with Crippen molar-refractivity contribution in [1.82, 2.24) is 9.80 Å². The molecule has 7 heteroatoms. The molecule has 3 aliphatic rings. The minimum atomic E-state index is -0.710. The quantitative estimate of drug-likeness (QED) is 0.861. The van der Waals surface area contributed by atoms with Crippen molar-refractivity contribution in [3.63, 3.8) is 0 Å². The Morgan fingerprint density at radius 3 is 2.70 bits per heavy atom. The number of nitrogens with two attached hydrogens (primary N) is 1. The molecule has 0 radical (unpaired) electrons. The van der Waals surface area contributed by atoms with E-state index in [4.69, 9.17) is 10.5 Å². The van der Waals surface area contributed by atoms with Crippen LogP contribution in [0.2, 0.25) is 0 Å². The molecule has 2 aliphatic heterocycles. The molecule has 3 atom stereocenters. The number of carbonyl (C=O) groups is 2. The van der Waals surface area contributed by atoms with Gasteiger partial charge in [-0.1, -0.05) is 12.1 Å². The molecular formula is C20H26FN3O3. The monoisotopic (exact) mass is 375 g/mol. The molecule has 0 aromatic heterocycles. The van der Waals surface area contributed by atoms with Crippen LogP contribution in [0.4, 0.5) is 4.39 Å². The second-order valence-electron chi connectivity index (χ2n) is 8.12. The highest BCUT2D eigenvalue weighted by molar-refractivity contribution is 5.87. The predicted molar refractivity (Wildman–Crippen MR) is 97.1 cm³/mol. The average molecular weight is 375 g/mol. The number of halogens is 1. The van der Waals surface area contributed by atoms with E-state index in [2.05, 4.69) is 0 Å². The van der Waals surface area contributed by atoms with Crippen LogP contribution in [-0.2, 0) is 14.3 Å². The van der Waals surface area contributed by atoms with Crippen LogP contribution in [0.15, 0.2) is 24.3 Å².